The number of nitrogens with zero attached hydrogens (tertiary/aromatic N) is 2. The molecule has 1 N–H and O–H groups in total. The van der Waals surface area contributed by atoms with Gasteiger partial charge in [-0.15, -0.1) is 0 Å². The highest BCUT2D eigenvalue weighted by atomic mass is 35.5. The first-order chi connectivity index (χ1) is 9.10. The minimum Gasteiger partial charge on any atom is -0.313 e. The maximum absolute atomic E-state index is 6.09. The van der Waals surface area contributed by atoms with E-state index in [1.54, 1.807) is 0 Å². The van der Waals surface area contributed by atoms with Crippen LogP contribution in [0.25, 0.3) is 0 Å². The Morgan fingerprint density at radius 1 is 1.37 bits per heavy atom. The van der Waals surface area contributed by atoms with E-state index in [1.165, 1.54) is 5.56 Å². The van der Waals surface area contributed by atoms with Crippen molar-refractivity contribution in [2.45, 2.75) is 18.5 Å². The molecule has 0 spiro atoms. The molecule has 0 aromatic heterocycles. The molecule has 0 radical (unpaired) electrons. The average Bonchev–Trinajstić information content (AvgIpc) is 2.39. The van der Waals surface area contributed by atoms with Crippen LogP contribution in [0.3, 0.4) is 0 Å². The van der Waals surface area contributed by atoms with E-state index in [2.05, 4.69) is 41.3 Å². The molecule has 1 aromatic carbocycles. The molecule has 3 nitrogen and oxygen atoms in total. The Kier molecular flexibility index (Phi) is 5.22. The van der Waals surface area contributed by atoms with Gasteiger partial charge in [0.05, 0.1) is 0 Å². The summed E-state index contributed by atoms with van der Waals surface area (Å²) in [7, 11) is 6.45. The van der Waals surface area contributed by atoms with Crippen molar-refractivity contribution < 1.29 is 0 Å². The van der Waals surface area contributed by atoms with E-state index in [0.29, 0.717) is 12.1 Å². The molecule has 106 valence electrons. The number of hydrogen-bond acceptors (Lipinski definition) is 3. The summed E-state index contributed by atoms with van der Waals surface area (Å²) in [6.45, 7) is 3.44. The highest BCUT2D eigenvalue weighted by molar-refractivity contribution is 6.30. The zero-order chi connectivity index (χ0) is 13.8. The second kappa shape index (κ2) is 6.71. The minimum atomic E-state index is 0.359. The van der Waals surface area contributed by atoms with Crippen LogP contribution in [0.4, 0.5) is 0 Å². The molecule has 1 aliphatic rings. The Morgan fingerprint density at radius 3 is 2.84 bits per heavy atom. The zero-order valence-corrected chi connectivity index (χ0v) is 12.8. The molecule has 0 amide bonds. The molecule has 2 rings (SSSR count). The van der Waals surface area contributed by atoms with Crippen molar-refractivity contribution in [3.63, 3.8) is 0 Å². The molecule has 0 saturated carbocycles. The van der Waals surface area contributed by atoms with Crippen LogP contribution in [0.5, 0.6) is 0 Å². The van der Waals surface area contributed by atoms with Crippen LogP contribution in [-0.4, -0.2) is 56.6 Å². The molecule has 2 unspecified atom stereocenters. The van der Waals surface area contributed by atoms with E-state index in [0.717, 1.165) is 31.1 Å². The molecular weight excluding hydrogens is 258 g/mol. The third-order valence-electron chi connectivity index (χ3n) is 4.09. The molecule has 1 aliphatic heterocycles. The number of nitrogens with one attached hydrogen (secondary N) is 1. The van der Waals surface area contributed by atoms with E-state index in [-0.39, 0.29) is 0 Å². The predicted octanol–water partition coefficient (Wildman–Crippen LogP) is 2.24. The largest absolute Gasteiger partial charge is 0.313 e. The summed E-state index contributed by atoms with van der Waals surface area (Å²) in [4.78, 5) is 4.88. The van der Waals surface area contributed by atoms with Crippen molar-refractivity contribution in [3.05, 3.63) is 34.9 Å². The second-order valence-corrected chi connectivity index (χ2v) is 5.97. The lowest BCUT2D eigenvalue weighted by Gasteiger charge is -2.39. The highest BCUT2D eigenvalue weighted by Gasteiger charge is 2.25. The molecule has 4 heteroatoms. The van der Waals surface area contributed by atoms with Crippen LogP contribution in [0.2, 0.25) is 5.02 Å². The lowest BCUT2D eigenvalue weighted by Crippen LogP contribution is -2.50. The summed E-state index contributed by atoms with van der Waals surface area (Å²) in [5.74, 6) is 0. The molecule has 1 aromatic rings. The van der Waals surface area contributed by atoms with Crippen molar-refractivity contribution in [2.24, 2.45) is 0 Å². The van der Waals surface area contributed by atoms with Gasteiger partial charge in [0.1, 0.15) is 0 Å². The fourth-order valence-corrected chi connectivity index (χ4v) is 2.97. The molecule has 1 heterocycles. The summed E-state index contributed by atoms with van der Waals surface area (Å²) in [6.07, 6.45) is 1.11. The van der Waals surface area contributed by atoms with Crippen molar-refractivity contribution in [1.29, 1.82) is 0 Å². The van der Waals surface area contributed by atoms with Gasteiger partial charge in [0.15, 0.2) is 0 Å². The first-order valence-corrected chi connectivity index (χ1v) is 7.29. The lowest BCUT2D eigenvalue weighted by atomic mass is 9.97. The summed E-state index contributed by atoms with van der Waals surface area (Å²) in [5, 5.41) is 4.24. The summed E-state index contributed by atoms with van der Waals surface area (Å²) >= 11 is 6.09. The van der Waals surface area contributed by atoms with Crippen LogP contribution in [-0.2, 0) is 0 Å². The van der Waals surface area contributed by atoms with Crippen LogP contribution in [0, 0.1) is 0 Å². The number of benzene rings is 1. The monoisotopic (exact) mass is 281 g/mol. The van der Waals surface area contributed by atoms with Crippen LogP contribution in [0.15, 0.2) is 24.3 Å². The standard InChI is InChI=1S/C15H24ClN3/c1-17-15(12-5-4-6-13(16)9-12)10-14-11-18(2)7-8-19(14)3/h4-6,9,14-15,17H,7-8,10-11H2,1-3H3. The Hall–Kier alpha value is -0.610. The maximum Gasteiger partial charge on any atom is 0.0409 e. The average molecular weight is 282 g/mol. The third kappa shape index (κ3) is 3.93. The smallest absolute Gasteiger partial charge is 0.0409 e. The summed E-state index contributed by atoms with van der Waals surface area (Å²) in [6, 6.07) is 9.12. The first kappa shape index (κ1) is 14.8. The summed E-state index contributed by atoms with van der Waals surface area (Å²) in [5.41, 5.74) is 1.27. The Balaban J connectivity index is 2.06. The van der Waals surface area contributed by atoms with Gasteiger partial charge in [-0.3, -0.25) is 0 Å². The number of halogens is 1. The molecule has 19 heavy (non-hydrogen) atoms. The van der Waals surface area contributed by atoms with E-state index in [4.69, 9.17) is 11.6 Å². The Bertz CT molecular complexity index is 410. The van der Waals surface area contributed by atoms with E-state index in [1.807, 2.05) is 19.2 Å². The molecule has 2 atom stereocenters. The molecular formula is C15H24ClN3. The predicted molar refractivity (Wildman–Crippen MR) is 81.8 cm³/mol. The summed E-state index contributed by atoms with van der Waals surface area (Å²) < 4.78 is 0. The fraction of sp³-hybridized carbons (Fsp3) is 0.600. The van der Waals surface area contributed by atoms with Gasteiger partial charge in [0.2, 0.25) is 0 Å². The zero-order valence-electron chi connectivity index (χ0n) is 12.1. The topological polar surface area (TPSA) is 18.5 Å². The van der Waals surface area contributed by atoms with Gasteiger partial charge in [-0.25, -0.2) is 0 Å². The van der Waals surface area contributed by atoms with Crippen LogP contribution in [0.1, 0.15) is 18.0 Å². The maximum atomic E-state index is 6.09. The number of piperazine rings is 1. The highest BCUT2D eigenvalue weighted by Crippen LogP contribution is 2.24. The van der Waals surface area contributed by atoms with Gasteiger partial charge in [-0.1, -0.05) is 23.7 Å². The molecule has 0 bridgehead atoms. The number of hydrogen-bond donors (Lipinski definition) is 1. The second-order valence-electron chi connectivity index (χ2n) is 5.53. The van der Waals surface area contributed by atoms with Crippen LogP contribution >= 0.6 is 11.6 Å². The van der Waals surface area contributed by atoms with Gasteiger partial charge in [-0.2, -0.15) is 0 Å². The Labute approximate surface area is 121 Å². The van der Waals surface area contributed by atoms with Crippen molar-refractivity contribution in [1.82, 2.24) is 15.1 Å². The van der Waals surface area contributed by atoms with Crippen LogP contribution < -0.4 is 5.32 Å². The van der Waals surface area contributed by atoms with Gasteiger partial charge < -0.3 is 15.1 Å². The van der Waals surface area contributed by atoms with E-state index >= 15 is 0 Å². The number of rotatable bonds is 4. The SMILES string of the molecule is CNC(CC1CN(C)CCN1C)c1cccc(Cl)c1. The van der Waals surface area contributed by atoms with Gasteiger partial charge in [-0.05, 0) is 45.3 Å². The van der Waals surface area contributed by atoms with Crippen molar-refractivity contribution >= 4 is 11.6 Å². The fourth-order valence-electron chi connectivity index (χ4n) is 2.77. The normalized spacial score (nSPS) is 23.5. The molecule has 1 saturated heterocycles. The van der Waals surface area contributed by atoms with E-state index in [9.17, 15) is 0 Å². The molecule has 1 fully saturated rings. The van der Waals surface area contributed by atoms with E-state index < -0.39 is 0 Å². The van der Waals surface area contributed by atoms with Crippen molar-refractivity contribution in [2.75, 3.05) is 40.8 Å². The van der Waals surface area contributed by atoms with Crippen molar-refractivity contribution in [3.8, 4) is 0 Å². The Morgan fingerprint density at radius 2 is 2.16 bits per heavy atom. The number of likely N-dealkylation sites (N-methyl/N-ethyl adjacent to an activating group) is 2. The van der Waals surface area contributed by atoms with Gasteiger partial charge in [0.25, 0.3) is 0 Å². The van der Waals surface area contributed by atoms with Gasteiger partial charge >= 0.3 is 0 Å². The lowest BCUT2D eigenvalue weighted by molar-refractivity contribution is 0.102. The van der Waals surface area contributed by atoms with Gasteiger partial charge in [0, 0.05) is 36.7 Å². The first-order valence-electron chi connectivity index (χ1n) is 6.91. The molecule has 0 aliphatic carbocycles. The quantitative estimate of drug-likeness (QED) is 0.913. The minimum absolute atomic E-state index is 0.359. The third-order valence-corrected chi connectivity index (χ3v) is 4.32.